The van der Waals surface area contributed by atoms with E-state index in [0.29, 0.717) is 13.0 Å². The average Bonchev–Trinajstić information content (AvgIpc) is 3.35. The molecular weight excluding hydrogens is 360 g/mol. The largest absolute Gasteiger partial charge is 0.497 e. The van der Waals surface area contributed by atoms with E-state index in [2.05, 4.69) is 0 Å². The van der Waals surface area contributed by atoms with Gasteiger partial charge in [-0.2, -0.15) is 0 Å². The predicted octanol–water partition coefficient (Wildman–Crippen LogP) is 4.06. The van der Waals surface area contributed by atoms with Crippen LogP contribution in [0.2, 0.25) is 0 Å². The number of thiazole rings is 1. The van der Waals surface area contributed by atoms with E-state index in [0.717, 1.165) is 46.1 Å². The number of anilines is 1. The van der Waals surface area contributed by atoms with Crippen LogP contribution in [0.1, 0.15) is 18.4 Å². The Kier molecular flexibility index (Phi) is 5.36. The lowest BCUT2D eigenvalue weighted by Gasteiger charge is -2.23. The second-order valence-corrected chi connectivity index (χ2v) is 7.64. The zero-order chi connectivity index (χ0) is 18.6. The monoisotopic (exact) mass is 382 g/mol. The normalized spacial score (nSPS) is 16.6. The number of aromatic nitrogens is 1. The number of benzene rings is 2. The number of nitrogens with zero attached hydrogens (tertiary/aromatic N) is 2. The average molecular weight is 382 g/mol. The van der Waals surface area contributed by atoms with Gasteiger partial charge in [-0.15, -0.1) is 0 Å². The van der Waals surface area contributed by atoms with Crippen LogP contribution in [0.4, 0.5) is 5.13 Å². The van der Waals surface area contributed by atoms with Crippen LogP contribution in [0.5, 0.6) is 5.75 Å². The van der Waals surface area contributed by atoms with Crippen molar-refractivity contribution < 1.29 is 14.3 Å². The van der Waals surface area contributed by atoms with E-state index >= 15 is 0 Å². The highest BCUT2D eigenvalue weighted by molar-refractivity contribution is 7.22. The molecule has 0 bridgehead atoms. The van der Waals surface area contributed by atoms with Crippen molar-refractivity contribution in [2.75, 3.05) is 25.2 Å². The number of fused-ring (bicyclic) bond motifs is 1. The van der Waals surface area contributed by atoms with Gasteiger partial charge in [-0.25, -0.2) is 4.98 Å². The van der Waals surface area contributed by atoms with Gasteiger partial charge >= 0.3 is 0 Å². The molecule has 2 heterocycles. The Bertz CT molecular complexity index is 901. The standard InChI is InChI=1S/C21H22N2O3S/c1-25-16-7-4-6-15(12-16)13-20(24)23(14-17-8-5-11-26-17)21-22-18-9-2-3-10-19(18)27-21/h2-4,6-7,9-10,12,17H,5,8,11,13-14H2,1H3/t17-/m1/s1. The highest BCUT2D eigenvalue weighted by Gasteiger charge is 2.26. The summed E-state index contributed by atoms with van der Waals surface area (Å²) in [6.07, 6.45) is 2.40. The smallest absolute Gasteiger partial charge is 0.233 e. The molecule has 0 saturated carbocycles. The fraction of sp³-hybridized carbons (Fsp3) is 0.333. The third-order valence-electron chi connectivity index (χ3n) is 4.71. The molecule has 0 radical (unpaired) electrons. The third-order valence-corrected chi connectivity index (χ3v) is 5.77. The van der Waals surface area contributed by atoms with Gasteiger partial charge in [0.25, 0.3) is 0 Å². The summed E-state index contributed by atoms with van der Waals surface area (Å²) in [7, 11) is 1.63. The molecule has 3 aromatic rings. The van der Waals surface area contributed by atoms with Crippen molar-refractivity contribution in [1.82, 2.24) is 4.98 Å². The van der Waals surface area contributed by atoms with E-state index < -0.39 is 0 Å². The molecule has 1 fully saturated rings. The van der Waals surface area contributed by atoms with Crippen molar-refractivity contribution in [1.29, 1.82) is 0 Å². The van der Waals surface area contributed by atoms with Crippen molar-refractivity contribution in [2.24, 2.45) is 0 Å². The number of hydrogen-bond acceptors (Lipinski definition) is 5. The van der Waals surface area contributed by atoms with E-state index in [1.54, 1.807) is 23.3 Å². The first-order valence-electron chi connectivity index (χ1n) is 9.13. The first-order chi connectivity index (χ1) is 13.2. The van der Waals surface area contributed by atoms with Gasteiger partial charge in [0.2, 0.25) is 5.91 Å². The van der Waals surface area contributed by atoms with Crippen LogP contribution in [0.25, 0.3) is 10.2 Å². The zero-order valence-corrected chi connectivity index (χ0v) is 16.1. The maximum atomic E-state index is 13.2. The fourth-order valence-corrected chi connectivity index (χ4v) is 4.30. The lowest BCUT2D eigenvalue weighted by molar-refractivity contribution is -0.118. The van der Waals surface area contributed by atoms with Crippen LogP contribution in [0.15, 0.2) is 48.5 Å². The highest BCUT2D eigenvalue weighted by Crippen LogP contribution is 2.30. The molecule has 1 saturated heterocycles. The van der Waals surface area contributed by atoms with Gasteiger partial charge in [0.05, 0.1) is 36.4 Å². The Morgan fingerprint density at radius 1 is 1.30 bits per heavy atom. The second kappa shape index (κ2) is 8.06. The van der Waals surface area contributed by atoms with Gasteiger partial charge in [-0.05, 0) is 42.7 Å². The molecule has 5 nitrogen and oxygen atoms in total. The van der Waals surface area contributed by atoms with Crippen LogP contribution >= 0.6 is 11.3 Å². The quantitative estimate of drug-likeness (QED) is 0.645. The number of methoxy groups -OCH3 is 1. The molecule has 1 aromatic heterocycles. The van der Waals surface area contributed by atoms with Crippen LogP contribution in [-0.2, 0) is 16.0 Å². The van der Waals surface area contributed by atoms with Crippen LogP contribution in [-0.4, -0.2) is 37.3 Å². The van der Waals surface area contributed by atoms with Gasteiger partial charge in [0.1, 0.15) is 5.75 Å². The maximum Gasteiger partial charge on any atom is 0.233 e. The van der Waals surface area contributed by atoms with Gasteiger partial charge < -0.3 is 9.47 Å². The molecule has 1 amide bonds. The summed E-state index contributed by atoms with van der Waals surface area (Å²) in [6, 6.07) is 15.6. The molecule has 27 heavy (non-hydrogen) atoms. The third kappa shape index (κ3) is 4.12. The van der Waals surface area contributed by atoms with Gasteiger partial charge in [0.15, 0.2) is 5.13 Å². The van der Waals surface area contributed by atoms with Crippen molar-refractivity contribution >= 4 is 32.6 Å². The maximum absolute atomic E-state index is 13.2. The molecule has 140 valence electrons. The molecule has 0 spiro atoms. The SMILES string of the molecule is COc1cccc(CC(=O)N(C[C@H]2CCCO2)c2nc3ccccc3s2)c1. The van der Waals surface area contributed by atoms with Gasteiger partial charge in [-0.3, -0.25) is 9.69 Å². The molecule has 2 aromatic carbocycles. The molecule has 0 aliphatic carbocycles. The molecule has 0 unspecified atom stereocenters. The summed E-state index contributed by atoms with van der Waals surface area (Å²) < 4.78 is 12.1. The van der Waals surface area contributed by atoms with Gasteiger partial charge in [-0.1, -0.05) is 35.6 Å². The van der Waals surface area contributed by atoms with E-state index in [1.165, 1.54) is 0 Å². The Labute approximate surface area is 162 Å². The first kappa shape index (κ1) is 17.9. The Balaban J connectivity index is 1.60. The molecule has 4 rings (SSSR count). The zero-order valence-electron chi connectivity index (χ0n) is 15.3. The molecule has 1 aliphatic heterocycles. The summed E-state index contributed by atoms with van der Waals surface area (Å²) in [5.74, 6) is 0.781. The number of ether oxygens (including phenoxy) is 2. The number of para-hydroxylation sites is 1. The number of amides is 1. The topological polar surface area (TPSA) is 51.7 Å². The van der Waals surface area contributed by atoms with Crippen molar-refractivity contribution in [3.05, 3.63) is 54.1 Å². The molecule has 1 atom stereocenters. The van der Waals surface area contributed by atoms with Crippen molar-refractivity contribution in [3.8, 4) is 5.75 Å². The van der Waals surface area contributed by atoms with E-state index in [4.69, 9.17) is 14.5 Å². The van der Waals surface area contributed by atoms with Crippen LogP contribution < -0.4 is 9.64 Å². The molecule has 6 heteroatoms. The highest BCUT2D eigenvalue weighted by atomic mass is 32.1. The minimum absolute atomic E-state index is 0.0257. The van der Waals surface area contributed by atoms with Gasteiger partial charge in [0, 0.05) is 6.61 Å². The lowest BCUT2D eigenvalue weighted by Crippen LogP contribution is -2.38. The Morgan fingerprint density at radius 2 is 2.19 bits per heavy atom. The van der Waals surface area contributed by atoms with Crippen molar-refractivity contribution in [3.63, 3.8) is 0 Å². The van der Waals surface area contributed by atoms with Crippen LogP contribution in [0.3, 0.4) is 0 Å². The summed E-state index contributed by atoms with van der Waals surface area (Å²) in [6.45, 7) is 1.31. The Morgan fingerprint density at radius 3 is 2.96 bits per heavy atom. The minimum atomic E-state index is 0.0257. The number of carbonyl (C=O) groups excluding carboxylic acids is 1. The summed E-state index contributed by atoms with van der Waals surface area (Å²) >= 11 is 1.55. The van der Waals surface area contributed by atoms with Crippen LogP contribution in [0, 0.1) is 0 Å². The predicted molar refractivity (Wildman–Crippen MR) is 108 cm³/mol. The Hall–Kier alpha value is -2.44. The van der Waals surface area contributed by atoms with E-state index in [-0.39, 0.29) is 12.0 Å². The number of hydrogen-bond donors (Lipinski definition) is 0. The fourth-order valence-electron chi connectivity index (χ4n) is 3.31. The molecule has 0 N–H and O–H groups in total. The molecular formula is C21H22N2O3S. The second-order valence-electron chi connectivity index (χ2n) is 6.63. The first-order valence-corrected chi connectivity index (χ1v) is 9.95. The van der Waals surface area contributed by atoms with Crippen molar-refractivity contribution in [2.45, 2.75) is 25.4 Å². The summed E-state index contributed by atoms with van der Waals surface area (Å²) in [4.78, 5) is 19.7. The van der Waals surface area contributed by atoms with E-state index in [1.807, 2.05) is 48.5 Å². The minimum Gasteiger partial charge on any atom is -0.497 e. The number of carbonyl (C=O) groups is 1. The summed E-state index contributed by atoms with van der Waals surface area (Å²) in [5.41, 5.74) is 1.85. The lowest BCUT2D eigenvalue weighted by atomic mass is 10.1. The number of rotatable bonds is 6. The molecule has 1 aliphatic rings. The summed E-state index contributed by atoms with van der Waals surface area (Å²) in [5, 5.41) is 0.736. The van der Waals surface area contributed by atoms with E-state index in [9.17, 15) is 4.79 Å².